The molecule has 0 saturated heterocycles. The number of benzene rings is 2. The standard InChI is InChI=1S/C24H23ClN2O3/c25-19-14-22(23(26)27-15-19)30-20-8-3-5-16(11-20)12-21(28)17-6-4-7-18(13-17)24(29)9-1-2-10-24/h3-8,11,13-15,29H,1-2,9-10,12H2,(H2,26,27). The van der Waals surface area contributed by atoms with Crippen LogP contribution >= 0.6 is 11.6 Å². The fraction of sp³-hybridized carbons (Fsp3) is 0.250. The predicted octanol–water partition coefficient (Wildman–Crippen LogP) is 5.30. The number of halogens is 1. The van der Waals surface area contributed by atoms with E-state index >= 15 is 0 Å². The lowest BCUT2D eigenvalue weighted by Gasteiger charge is -2.23. The molecule has 0 spiro atoms. The fourth-order valence-electron chi connectivity index (χ4n) is 3.88. The number of hydrogen-bond donors (Lipinski definition) is 2. The topological polar surface area (TPSA) is 85.4 Å². The van der Waals surface area contributed by atoms with Crippen LogP contribution < -0.4 is 10.5 Å². The molecule has 0 aliphatic heterocycles. The van der Waals surface area contributed by atoms with E-state index in [9.17, 15) is 9.90 Å². The first-order valence-corrected chi connectivity index (χ1v) is 10.3. The average Bonchev–Trinajstić information content (AvgIpc) is 3.19. The number of carbonyl (C=O) groups is 1. The summed E-state index contributed by atoms with van der Waals surface area (Å²) in [7, 11) is 0. The third-order valence-electron chi connectivity index (χ3n) is 5.49. The largest absolute Gasteiger partial charge is 0.453 e. The average molecular weight is 423 g/mol. The van der Waals surface area contributed by atoms with Crippen LogP contribution in [0.25, 0.3) is 0 Å². The summed E-state index contributed by atoms with van der Waals surface area (Å²) < 4.78 is 5.80. The zero-order valence-corrected chi connectivity index (χ0v) is 17.2. The number of nitrogens with two attached hydrogens (primary N) is 1. The highest BCUT2D eigenvalue weighted by molar-refractivity contribution is 6.30. The first-order valence-electron chi connectivity index (χ1n) is 9.97. The van der Waals surface area contributed by atoms with Crippen LogP contribution in [0.15, 0.2) is 60.8 Å². The van der Waals surface area contributed by atoms with Crippen LogP contribution in [0.3, 0.4) is 0 Å². The van der Waals surface area contributed by atoms with Crippen molar-refractivity contribution in [1.82, 2.24) is 4.98 Å². The Hall–Kier alpha value is -2.89. The van der Waals surface area contributed by atoms with Gasteiger partial charge in [-0.2, -0.15) is 0 Å². The van der Waals surface area contributed by atoms with Crippen molar-refractivity contribution in [2.45, 2.75) is 37.7 Å². The number of aromatic nitrogens is 1. The number of nitrogen functional groups attached to an aromatic ring is 1. The van der Waals surface area contributed by atoms with Crippen LogP contribution in [-0.4, -0.2) is 15.9 Å². The normalized spacial score (nSPS) is 15.1. The highest BCUT2D eigenvalue weighted by Gasteiger charge is 2.33. The SMILES string of the molecule is Nc1ncc(Cl)cc1Oc1cccc(CC(=O)c2cccc(C3(O)CCCC3)c2)c1. The molecule has 30 heavy (non-hydrogen) atoms. The highest BCUT2D eigenvalue weighted by atomic mass is 35.5. The van der Waals surface area contributed by atoms with Gasteiger partial charge in [-0.15, -0.1) is 0 Å². The highest BCUT2D eigenvalue weighted by Crippen LogP contribution is 2.38. The molecule has 154 valence electrons. The van der Waals surface area contributed by atoms with E-state index in [4.69, 9.17) is 22.1 Å². The molecule has 2 aromatic carbocycles. The van der Waals surface area contributed by atoms with Crippen molar-refractivity contribution in [3.8, 4) is 11.5 Å². The molecule has 0 amide bonds. The molecular formula is C24H23ClN2O3. The van der Waals surface area contributed by atoms with Gasteiger partial charge in [0, 0.05) is 24.2 Å². The smallest absolute Gasteiger partial charge is 0.170 e. The van der Waals surface area contributed by atoms with Gasteiger partial charge in [0.25, 0.3) is 0 Å². The number of nitrogens with zero attached hydrogens (tertiary/aromatic N) is 1. The molecule has 4 rings (SSSR count). The zero-order valence-electron chi connectivity index (χ0n) is 16.5. The van der Waals surface area contributed by atoms with Gasteiger partial charge in [0.15, 0.2) is 17.4 Å². The minimum Gasteiger partial charge on any atom is -0.453 e. The molecule has 3 aromatic rings. The maximum Gasteiger partial charge on any atom is 0.170 e. The van der Waals surface area contributed by atoms with Gasteiger partial charge in [-0.3, -0.25) is 4.79 Å². The van der Waals surface area contributed by atoms with Crippen LogP contribution in [0.4, 0.5) is 5.82 Å². The van der Waals surface area contributed by atoms with Gasteiger partial charge >= 0.3 is 0 Å². The third kappa shape index (κ3) is 4.48. The number of carbonyl (C=O) groups excluding carboxylic acids is 1. The minimum atomic E-state index is -0.811. The number of Topliss-reactive ketones (excluding diaryl/α,β-unsaturated/α-hetero) is 1. The Bertz CT molecular complexity index is 1080. The van der Waals surface area contributed by atoms with E-state index in [1.165, 1.54) is 6.20 Å². The van der Waals surface area contributed by atoms with Gasteiger partial charge in [-0.05, 0) is 42.2 Å². The van der Waals surface area contributed by atoms with E-state index in [0.29, 0.717) is 22.1 Å². The van der Waals surface area contributed by atoms with Crippen molar-refractivity contribution >= 4 is 23.2 Å². The van der Waals surface area contributed by atoms with E-state index in [1.807, 2.05) is 30.3 Å². The second-order valence-corrected chi connectivity index (χ2v) is 8.14. The molecule has 0 radical (unpaired) electrons. The van der Waals surface area contributed by atoms with Crippen LogP contribution in [0.1, 0.15) is 47.2 Å². The lowest BCUT2D eigenvalue weighted by atomic mass is 9.90. The summed E-state index contributed by atoms with van der Waals surface area (Å²) in [6.07, 6.45) is 5.18. The van der Waals surface area contributed by atoms with E-state index in [-0.39, 0.29) is 18.0 Å². The summed E-state index contributed by atoms with van der Waals surface area (Å²) in [5.41, 5.74) is 7.27. The third-order valence-corrected chi connectivity index (χ3v) is 5.70. The number of rotatable bonds is 6. The number of ether oxygens (including phenoxy) is 1. The molecule has 1 aliphatic rings. The lowest BCUT2D eigenvalue weighted by Crippen LogP contribution is -2.21. The van der Waals surface area contributed by atoms with Gasteiger partial charge in [-0.1, -0.05) is 54.8 Å². The zero-order chi connectivity index (χ0) is 21.1. The second kappa shape index (κ2) is 8.46. The Morgan fingerprint density at radius 2 is 1.90 bits per heavy atom. The maximum absolute atomic E-state index is 12.9. The van der Waals surface area contributed by atoms with E-state index in [0.717, 1.165) is 36.8 Å². The Kier molecular flexibility index (Phi) is 5.75. The number of ketones is 1. The van der Waals surface area contributed by atoms with Crippen molar-refractivity contribution in [2.75, 3.05) is 5.73 Å². The molecule has 1 fully saturated rings. The van der Waals surface area contributed by atoms with E-state index in [1.54, 1.807) is 24.3 Å². The van der Waals surface area contributed by atoms with Crippen molar-refractivity contribution in [1.29, 1.82) is 0 Å². The summed E-state index contributed by atoms with van der Waals surface area (Å²) in [4.78, 5) is 16.9. The molecule has 1 heterocycles. The predicted molar refractivity (Wildman–Crippen MR) is 117 cm³/mol. The Morgan fingerprint density at radius 3 is 2.70 bits per heavy atom. The van der Waals surface area contributed by atoms with Gasteiger partial charge < -0.3 is 15.6 Å². The summed E-state index contributed by atoms with van der Waals surface area (Å²) in [6, 6.07) is 16.2. The number of pyridine rings is 1. The summed E-state index contributed by atoms with van der Waals surface area (Å²) in [5.74, 6) is 1.13. The molecule has 6 heteroatoms. The van der Waals surface area contributed by atoms with E-state index in [2.05, 4.69) is 4.98 Å². The van der Waals surface area contributed by atoms with Gasteiger partial charge in [0.05, 0.1) is 10.6 Å². The molecule has 0 atom stereocenters. The molecule has 0 bridgehead atoms. The maximum atomic E-state index is 12.9. The van der Waals surface area contributed by atoms with Crippen LogP contribution in [0.2, 0.25) is 5.02 Å². The molecule has 3 N–H and O–H groups in total. The number of anilines is 1. The van der Waals surface area contributed by atoms with Gasteiger partial charge in [-0.25, -0.2) is 4.98 Å². The summed E-state index contributed by atoms with van der Waals surface area (Å²) in [5, 5.41) is 11.2. The first kappa shape index (κ1) is 20.4. The fourth-order valence-corrected chi connectivity index (χ4v) is 4.02. The van der Waals surface area contributed by atoms with Crippen LogP contribution in [0, 0.1) is 0 Å². The Balaban J connectivity index is 1.50. The Labute approximate surface area is 180 Å². The molecule has 0 unspecified atom stereocenters. The van der Waals surface area contributed by atoms with Gasteiger partial charge in [0.1, 0.15) is 5.75 Å². The quantitative estimate of drug-likeness (QED) is 0.526. The van der Waals surface area contributed by atoms with Gasteiger partial charge in [0.2, 0.25) is 0 Å². The first-order chi connectivity index (χ1) is 14.4. The number of hydrogen-bond acceptors (Lipinski definition) is 5. The van der Waals surface area contributed by atoms with Crippen LogP contribution in [-0.2, 0) is 12.0 Å². The van der Waals surface area contributed by atoms with E-state index < -0.39 is 5.60 Å². The molecule has 1 aliphatic carbocycles. The van der Waals surface area contributed by atoms with Crippen molar-refractivity contribution in [3.05, 3.63) is 82.5 Å². The number of aliphatic hydroxyl groups is 1. The minimum absolute atomic E-state index is 0.0143. The van der Waals surface area contributed by atoms with Crippen molar-refractivity contribution in [3.63, 3.8) is 0 Å². The second-order valence-electron chi connectivity index (χ2n) is 7.71. The molecule has 1 saturated carbocycles. The Morgan fingerprint density at radius 1 is 1.13 bits per heavy atom. The summed E-state index contributed by atoms with van der Waals surface area (Å²) in [6.45, 7) is 0. The lowest BCUT2D eigenvalue weighted by molar-refractivity contribution is 0.0444. The summed E-state index contributed by atoms with van der Waals surface area (Å²) >= 11 is 5.96. The van der Waals surface area contributed by atoms with Crippen molar-refractivity contribution < 1.29 is 14.6 Å². The monoisotopic (exact) mass is 422 g/mol. The molecule has 1 aromatic heterocycles. The van der Waals surface area contributed by atoms with Crippen LogP contribution in [0.5, 0.6) is 11.5 Å². The molecule has 5 nitrogen and oxygen atoms in total. The van der Waals surface area contributed by atoms with Crippen molar-refractivity contribution in [2.24, 2.45) is 0 Å². The molecular weight excluding hydrogens is 400 g/mol.